The maximum atomic E-state index is 14.6. The highest BCUT2D eigenvalue weighted by atomic mass is 16.2. The van der Waals surface area contributed by atoms with Gasteiger partial charge < -0.3 is 20.4 Å². The second-order valence-corrected chi connectivity index (χ2v) is 12.9. The maximum absolute atomic E-state index is 14.6. The maximum Gasteiger partial charge on any atom is 0.247 e. The molecular formula is C32H36N4O2. The smallest absolute Gasteiger partial charge is 0.247 e. The van der Waals surface area contributed by atoms with Crippen molar-refractivity contribution in [3.63, 3.8) is 0 Å². The van der Waals surface area contributed by atoms with E-state index in [2.05, 4.69) is 75.8 Å². The number of benzene rings is 2. The van der Waals surface area contributed by atoms with E-state index in [-0.39, 0.29) is 35.0 Å². The third-order valence-electron chi connectivity index (χ3n) is 11.0. The van der Waals surface area contributed by atoms with Gasteiger partial charge in [-0.1, -0.05) is 76.2 Å². The van der Waals surface area contributed by atoms with Crippen molar-refractivity contribution in [2.24, 2.45) is 10.8 Å². The molecular weight excluding hydrogens is 472 g/mol. The van der Waals surface area contributed by atoms with Gasteiger partial charge in [0.1, 0.15) is 24.4 Å². The molecule has 2 amide bonds. The van der Waals surface area contributed by atoms with Crippen LogP contribution in [0, 0.1) is 10.8 Å². The normalized spacial score (nSPS) is 34.4. The molecule has 0 radical (unpaired) electrons. The second-order valence-electron chi connectivity index (χ2n) is 12.9. The fourth-order valence-electron chi connectivity index (χ4n) is 8.66. The highest BCUT2D eigenvalue weighted by Gasteiger charge is 2.73. The van der Waals surface area contributed by atoms with E-state index in [1.165, 1.54) is 11.1 Å². The first-order valence-electron chi connectivity index (χ1n) is 13.7. The van der Waals surface area contributed by atoms with E-state index in [1.807, 2.05) is 46.2 Å². The average Bonchev–Trinajstić information content (AvgIpc) is 3.62. The lowest BCUT2D eigenvalue weighted by Crippen LogP contribution is -2.66. The fourth-order valence-corrected chi connectivity index (χ4v) is 8.66. The van der Waals surface area contributed by atoms with E-state index in [9.17, 15) is 9.59 Å². The largest absolute Gasteiger partial charge is 0.364 e. The average molecular weight is 509 g/mol. The summed E-state index contributed by atoms with van der Waals surface area (Å²) in [5.74, 6) is 0.0733. The van der Waals surface area contributed by atoms with E-state index in [4.69, 9.17) is 0 Å². The molecule has 196 valence electrons. The number of hydrogen-bond acceptors (Lipinski definition) is 4. The van der Waals surface area contributed by atoms with Gasteiger partial charge in [-0.25, -0.2) is 0 Å². The lowest BCUT2D eigenvalue weighted by molar-refractivity contribution is -0.160. The van der Waals surface area contributed by atoms with E-state index >= 15 is 0 Å². The number of piperazine rings is 1. The van der Waals surface area contributed by atoms with E-state index in [0.717, 1.165) is 11.4 Å². The molecule has 0 unspecified atom stereocenters. The molecule has 6 heteroatoms. The molecule has 2 N–H and O–H groups in total. The number of rotatable bonds is 4. The zero-order valence-electron chi connectivity index (χ0n) is 22.6. The third kappa shape index (κ3) is 2.37. The summed E-state index contributed by atoms with van der Waals surface area (Å²) < 4.78 is 0. The Morgan fingerprint density at radius 1 is 0.737 bits per heavy atom. The summed E-state index contributed by atoms with van der Waals surface area (Å²) in [4.78, 5) is 33.0. The Bertz CT molecular complexity index is 1320. The minimum absolute atomic E-state index is 0.0366. The fraction of sp³-hybridized carbons (Fsp3) is 0.438. The first kappa shape index (κ1) is 23.6. The summed E-state index contributed by atoms with van der Waals surface area (Å²) in [6, 6.07) is 15.5. The molecule has 3 fully saturated rings. The quantitative estimate of drug-likeness (QED) is 0.570. The molecule has 0 aliphatic carbocycles. The van der Waals surface area contributed by atoms with Crippen LogP contribution in [0.4, 0.5) is 11.4 Å². The molecule has 2 aromatic rings. The predicted octanol–water partition coefficient (Wildman–Crippen LogP) is 5.01. The first-order chi connectivity index (χ1) is 18.1. The molecule has 5 aliphatic heterocycles. The van der Waals surface area contributed by atoms with Crippen molar-refractivity contribution in [1.82, 2.24) is 9.80 Å². The molecule has 0 saturated carbocycles. The molecule has 3 saturated heterocycles. The first-order valence-corrected chi connectivity index (χ1v) is 13.7. The lowest BCUT2D eigenvalue weighted by atomic mass is 9.60. The summed E-state index contributed by atoms with van der Waals surface area (Å²) in [6.45, 7) is 17.1. The molecule has 0 spiro atoms. The van der Waals surface area contributed by atoms with E-state index in [0.29, 0.717) is 12.8 Å². The van der Waals surface area contributed by atoms with Crippen LogP contribution in [0.2, 0.25) is 0 Å². The van der Waals surface area contributed by atoms with Crippen LogP contribution in [0.1, 0.15) is 51.7 Å². The van der Waals surface area contributed by atoms with Crippen LogP contribution < -0.4 is 10.6 Å². The molecule has 2 aromatic carbocycles. The van der Waals surface area contributed by atoms with Crippen LogP contribution >= 0.6 is 0 Å². The van der Waals surface area contributed by atoms with Crippen LogP contribution in [0.3, 0.4) is 0 Å². The number of nitrogens with zero attached hydrogens (tertiary/aromatic N) is 2. The van der Waals surface area contributed by atoms with E-state index in [1.54, 1.807) is 0 Å². The summed E-state index contributed by atoms with van der Waals surface area (Å²) >= 11 is 0. The summed E-state index contributed by atoms with van der Waals surface area (Å²) in [6.07, 6.45) is 4.50. The number of fused-ring (bicyclic) bond motifs is 10. The monoisotopic (exact) mass is 508 g/mol. The van der Waals surface area contributed by atoms with Gasteiger partial charge in [0.05, 0.1) is 0 Å². The van der Waals surface area contributed by atoms with Crippen LogP contribution in [-0.4, -0.2) is 46.0 Å². The Morgan fingerprint density at radius 3 is 1.47 bits per heavy atom. The summed E-state index contributed by atoms with van der Waals surface area (Å²) in [5.41, 5.74) is 2.80. The zero-order chi connectivity index (χ0) is 26.8. The molecule has 7 rings (SSSR count). The summed E-state index contributed by atoms with van der Waals surface area (Å²) in [5, 5.41) is 7.36. The van der Waals surface area contributed by atoms with Gasteiger partial charge in [0.15, 0.2) is 0 Å². The van der Waals surface area contributed by atoms with Gasteiger partial charge in [0.2, 0.25) is 11.8 Å². The van der Waals surface area contributed by atoms with Crippen LogP contribution in [0.15, 0.2) is 73.8 Å². The molecule has 6 atom stereocenters. The van der Waals surface area contributed by atoms with Crippen molar-refractivity contribution in [3.8, 4) is 0 Å². The van der Waals surface area contributed by atoms with Gasteiger partial charge in [-0.15, -0.1) is 13.2 Å². The minimum atomic E-state index is -0.531. The second kappa shape index (κ2) is 7.10. The van der Waals surface area contributed by atoms with Crippen LogP contribution in [0.25, 0.3) is 0 Å². The van der Waals surface area contributed by atoms with Crippen LogP contribution in [0.5, 0.6) is 0 Å². The molecule has 0 bridgehead atoms. The van der Waals surface area contributed by atoms with Crippen molar-refractivity contribution in [3.05, 3.63) is 85.0 Å². The predicted molar refractivity (Wildman–Crippen MR) is 150 cm³/mol. The Morgan fingerprint density at radius 2 is 1.11 bits per heavy atom. The minimum Gasteiger partial charge on any atom is -0.364 e. The van der Waals surface area contributed by atoms with Gasteiger partial charge in [0.25, 0.3) is 0 Å². The van der Waals surface area contributed by atoms with Gasteiger partial charge in [-0.05, 0) is 46.9 Å². The number of hydrogen-bond donors (Lipinski definition) is 2. The molecule has 5 aliphatic rings. The Kier molecular flexibility index (Phi) is 4.40. The van der Waals surface area contributed by atoms with Crippen molar-refractivity contribution in [1.29, 1.82) is 0 Å². The van der Waals surface area contributed by atoms with Crippen LogP contribution in [-0.2, 0) is 20.4 Å². The van der Waals surface area contributed by atoms with Crippen molar-refractivity contribution in [2.75, 3.05) is 10.6 Å². The molecule has 0 aromatic heterocycles. The topological polar surface area (TPSA) is 64.7 Å². The number of anilines is 2. The van der Waals surface area contributed by atoms with Gasteiger partial charge >= 0.3 is 0 Å². The summed E-state index contributed by atoms with van der Waals surface area (Å²) in [7, 11) is 0. The molecule has 6 nitrogen and oxygen atoms in total. The van der Waals surface area contributed by atoms with Gasteiger partial charge in [-0.3, -0.25) is 9.59 Å². The lowest BCUT2D eigenvalue weighted by Gasteiger charge is -2.45. The standard InChI is InChI=1S/C32H36N4O2/c1-7-29(3,4)31-17-23-25(37)36-24(26(38)35(23)27(31)33-21-15-11-9-13-19(21)31)18-32(30(5,6)8-2)20-14-10-12-16-22(20)34-28(32)36/h7-16,23-24,27-28,33-34H,1-2,17-18H2,3-6H3/t23-,24-,27-,28+,31-,32+/m0/s1. The van der Waals surface area contributed by atoms with Crippen molar-refractivity contribution >= 4 is 23.2 Å². The van der Waals surface area contributed by atoms with E-state index < -0.39 is 22.9 Å². The Labute approximate surface area is 224 Å². The Balaban J connectivity index is 1.38. The number of amides is 2. The molecule has 5 heterocycles. The number of carbonyl (C=O) groups is 2. The number of carbonyl (C=O) groups excluding carboxylic acids is 2. The van der Waals surface area contributed by atoms with Crippen molar-refractivity contribution in [2.45, 2.75) is 75.8 Å². The van der Waals surface area contributed by atoms with Gasteiger partial charge in [0, 0.05) is 22.2 Å². The third-order valence-corrected chi connectivity index (χ3v) is 11.0. The molecule has 38 heavy (non-hydrogen) atoms. The number of nitrogens with one attached hydrogen (secondary N) is 2. The highest BCUT2D eigenvalue weighted by molar-refractivity contribution is 6.00. The van der Waals surface area contributed by atoms with Gasteiger partial charge in [-0.2, -0.15) is 0 Å². The SMILES string of the molecule is C=CC(C)(C)[C@]12C[C@H]3C(=O)N4[C@H]5Nc6ccccc6[C@]5(C(C)(C)C=C)C[C@H]4C(=O)N3[C@@H]1Nc1ccccc12. The number of para-hydroxylation sites is 2. The highest BCUT2D eigenvalue weighted by Crippen LogP contribution is 2.64. The number of allylic oxidation sites excluding steroid dienone is 2. The van der Waals surface area contributed by atoms with Crippen molar-refractivity contribution < 1.29 is 9.59 Å². The zero-order valence-corrected chi connectivity index (χ0v) is 22.6. The Hall–Kier alpha value is -3.54.